The average Bonchev–Trinajstić information content (AvgIpc) is 3.50. The second-order valence-corrected chi connectivity index (χ2v) is 11.3. The second-order valence-electron chi connectivity index (χ2n) is 10.6. The van der Waals surface area contributed by atoms with Crippen LogP contribution in [-0.4, -0.2) is 15.9 Å². The third kappa shape index (κ3) is 4.56. The zero-order chi connectivity index (χ0) is 25.0. The zero-order valence-corrected chi connectivity index (χ0v) is 20.6. The van der Waals surface area contributed by atoms with Gasteiger partial charge in [-0.25, -0.2) is 0 Å². The molecule has 1 fully saturated rings. The maximum atomic E-state index is 14.0. The fourth-order valence-electron chi connectivity index (χ4n) is 5.70. The van der Waals surface area contributed by atoms with Gasteiger partial charge in [0.05, 0.1) is 22.9 Å². The van der Waals surface area contributed by atoms with Gasteiger partial charge in [-0.05, 0) is 65.6 Å². The highest BCUT2D eigenvalue weighted by Crippen LogP contribution is 2.48. The Bertz CT molecular complexity index is 1240. The summed E-state index contributed by atoms with van der Waals surface area (Å²) in [5, 5.41) is 15.2. The summed E-state index contributed by atoms with van der Waals surface area (Å²) in [5.74, 6) is -0.220. The van der Waals surface area contributed by atoms with E-state index in [1.807, 2.05) is 16.8 Å². The molecular formula is C28H28F3NO2S. The Hall–Kier alpha value is -2.51. The van der Waals surface area contributed by atoms with Crippen LogP contribution >= 0.6 is 11.3 Å². The molecule has 184 valence electrons. The van der Waals surface area contributed by atoms with Crippen molar-refractivity contribution in [3.63, 3.8) is 0 Å². The molecular weight excluding hydrogens is 471 g/mol. The van der Waals surface area contributed by atoms with Crippen molar-refractivity contribution in [2.45, 2.75) is 70.6 Å². The van der Waals surface area contributed by atoms with Crippen molar-refractivity contribution in [2.24, 2.45) is 5.41 Å². The van der Waals surface area contributed by atoms with Crippen molar-refractivity contribution >= 4 is 17.1 Å². The van der Waals surface area contributed by atoms with Crippen LogP contribution in [0, 0.1) is 5.41 Å². The van der Waals surface area contributed by atoms with Crippen LogP contribution in [0.3, 0.4) is 0 Å². The number of carbonyl (C=O) groups is 1. The van der Waals surface area contributed by atoms with Gasteiger partial charge < -0.3 is 5.11 Å². The van der Waals surface area contributed by atoms with E-state index < -0.39 is 17.8 Å². The van der Waals surface area contributed by atoms with Gasteiger partial charge in [-0.2, -0.15) is 24.5 Å². The Kier molecular flexibility index (Phi) is 6.12. The molecule has 3 nitrogen and oxygen atoms in total. The van der Waals surface area contributed by atoms with Crippen molar-refractivity contribution in [1.29, 1.82) is 0 Å². The molecule has 0 radical (unpaired) electrons. The fraction of sp³-hybridized carbons (Fsp3) is 0.429. The average molecular weight is 500 g/mol. The molecule has 2 aliphatic carbocycles. The molecule has 1 atom stereocenters. The van der Waals surface area contributed by atoms with Crippen molar-refractivity contribution in [3.05, 3.63) is 74.7 Å². The Morgan fingerprint density at radius 2 is 1.80 bits per heavy atom. The number of aliphatic hydroxyl groups excluding tert-OH is 1. The van der Waals surface area contributed by atoms with Crippen LogP contribution in [0.4, 0.5) is 13.2 Å². The first-order valence-corrected chi connectivity index (χ1v) is 13.0. The molecule has 3 aromatic rings. The van der Waals surface area contributed by atoms with Gasteiger partial charge in [-0.3, -0.25) is 9.78 Å². The number of alkyl halides is 3. The number of rotatable bonds is 4. The van der Waals surface area contributed by atoms with E-state index in [0.29, 0.717) is 29.5 Å². The highest BCUT2D eigenvalue weighted by atomic mass is 32.1. The van der Waals surface area contributed by atoms with Crippen LogP contribution in [0.15, 0.2) is 41.1 Å². The molecule has 2 heterocycles. The van der Waals surface area contributed by atoms with E-state index in [0.717, 1.165) is 54.8 Å². The van der Waals surface area contributed by atoms with Gasteiger partial charge in [0.1, 0.15) is 0 Å². The molecule has 2 aromatic heterocycles. The van der Waals surface area contributed by atoms with E-state index in [1.54, 1.807) is 0 Å². The fourth-order valence-corrected chi connectivity index (χ4v) is 6.35. The molecule has 1 saturated carbocycles. The summed E-state index contributed by atoms with van der Waals surface area (Å²) in [6, 6.07) is 6.35. The Morgan fingerprint density at radius 3 is 2.40 bits per heavy atom. The molecule has 0 bridgehead atoms. The predicted molar refractivity (Wildman–Crippen MR) is 131 cm³/mol. The smallest absolute Gasteiger partial charge is 0.388 e. The summed E-state index contributed by atoms with van der Waals surface area (Å²) in [6.45, 7) is 4.23. The largest absolute Gasteiger partial charge is 0.416 e. The lowest BCUT2D eigenvalue weighted by Crippen LogP contribution is -2.29. The lowest BCUT2D eigenvalue weighted by Gasteiger charge is -2.36. The predicted octanol–water partition coefficient (Wildman–Crippen LogP) is 7.72. The summed E-state index contributed by atoms with van der Waals surface area (Å²) in [7, 11) is 0. The number of benzene rings is 1. The maximum absolute atomic E-state index is 14.0. The summed E-state index contributed by atoms with van der Waals surface area (Å²) < 4.78 is 39.4. The zero-order valence-electron chi connectivity index (χ0n) is 19.8. The van der Waals surface area contributed by atoms with Crippen LogP contribution in [0.25, 0.3) is 11.1 Å². The minimum absolute atomic E-state index is 0.119. The number of hydrogen-bond donors (Lipinski definition) is 1. The molecule has 1 unspecified atom stereocenters. The summed E-state index contributed by atoms with van der Waals surface area (Å²) in [6.07, 6.45) is -0.0304. The highest BCUT2D eigenvalue weighted by Gasteiger charge is 2.39. The van der Waals surface area contributed by atoms with E-state index in [4.69, 9.17) is 4.98 Å². The van der Waals surface area contributed by atoms with Crippen molar-refractivity contribution < 1.29 is 23.1 Å². The molecule has 5 rings (SSSR count). The molecule has 2 aliphatic rings. The van der Waals surface area contributed by atoms with Gasteiger partial charge in [-0.1, -0.05) is 38.8 Å². The summed E-state index contributed by atoms with van der Waals surface area (Å²) in [4.78, 5) is 19.1. The monoisotopic (exact) mass is 499 g/mol. The standard InChI is InChI=1S/C28H28F3NO2S/c1-27(2)13-20-23(21(33)14-27)22(18-11-12-35-15-18)24(25(32-20)16-5-3-4-6-16)26(34)17-7-9-19(10-8-17)28(29,30)31/h7-12,15-16,21,33H,3-6,13-14H2,1-2H3. The summed E-state index contributed by atoms with van der Waals surface area (Å²) >= 11 is 1.51. The molecule has 0 saturated heterocycles. The maximum Gasteiger partial charge on any atom is 0.416 e. The Morgan fingerprint density at radius 1 is 1.11 bits per heavy atom. The number of aromatic nitrogens is 1. The normalized spacial score (nSPS) is 20.1. The van der Waals surface area contributed by atoms with Crippen LogP contribution in [-0.2, 0) is 12.6 Å². The Balaban J connectivity index is 1.75. The first-order valence-electron chi connectivity index (χ1n) is 12.0. The highest BCUT2D eigenvalue weighted by molar-refractivity contribution is 7.08. The molecule has 35 heavy (non-hydrogen) atoms. The van der Waals surface area contributed by atoms with E-state index in [-0.39, 0.29) is 22.7 Å². The number of ketones is 1. The van der Waals surface area contributed by atoms with Gasteiger partial charge in [0.2, 0.25) is 0 Å². The lowest BCUT2D eigenvalue weighted by atomic mass is 9.71. The molecule has 0 aliphatic heterocycles. The third-order valence-electron chi connectivity index (χ3n) is 7.32. The van der Waals surface area contributed by atoms with Crippen LogP contribution in [0.2, 0.25) is 0 Å². The van der Waals surface area contributed by atoms with Crippen molar-refractivity contribution in [1.82, 2.24) is 4.98 Å². The van der Waals surface area contributed by atoms with Crippen LogP contribution in [0.5, 0.6) is 0 Å². The minimum Gasteiger partial charge on any atom is -0.388 e. The topological polar surface area (TPSA) is 50.2 Å². The van der Waals surface area contributed by atoms with Gasteiger partial charge in [0.15, 0.2) is 5.78 Å². The molecule has 0 amide bonds. The van der Waals surface area contributed by atoms with Crippen LogP contribution in [0.1, 0.15) is 96.4 Å². The van der Waals surface area contributed by atoms with Crippen LogP contribution < -0.4 is 0 Å². The van der Waals surface area contributed by atoms with E-state index in [9.17, 15) is 23.1 Å². The number of thiophene rings is 1. The quantitative estimate of drug-likeness (QED) is 0.374. The van der Waals surface area contributed by atoms with Gasteiger partial charge >= 0.3 is 6.18 Å². The van der Waals surface area contributed by atoms with E-state index in [1.165, 1.54) is 23.5 Å². The number of nitrogens with zero attached hydrogens (tertiary/aromatic N) is 1. The summed E-state index contributed by atoms with van der Waals surface area (Å²) in [5.41, 5.74) is 3.53. The number of hydrogen-bond acceptors (Lipinski definition) is 4. The van der Waals surface area contributed by atoms with Crippen molar-refractivity contribution in [2.75, 3.05) is 0 Å². The number of halogens is 3. The van der Waals surface area contributed by atoms with Gasteiger partial charge in [0, 0.05) is 28.3 Å². The third-order valence-corrected chi connectivity index (χ3v) is 8.00. The number of pyridine rings is 1. The minimum atomic E-state index is -4.47. The number of carbonyl (C=O) groups excluding carboxylic acids is 1. The number of fused-ring (bicyclic) bond motifs is 1. The van der Waals surface area contributed by atoms with Crippen molar-refractivity contribution in [3.8, 4) is 11.1 Å². The number of aliphatic hydroxyl groups is 1. The SMILES string of the molecule is CC1(C)Cc2nc(C3CCCC3)c(C(=O)c3ccc(C(F)(F)F)cc3)c(-c3ccsc3)c2C(O)C1. The van der Waals surface area contributed by atoms with Gasteiger partial charge in [-0.15, -0.1) is 0 Å². The van der Waals surface area contributed by atoms with E-state index >= 15 is 0 Å². The lowest BCUT2D eigenvalue weighted by molar-refractivity contribution is -0.137. The first-order chi connectivity index (χ1) is 16.5. The molecule has 7 heteroatoms. The Labute approximate surface area is 207 Å². The molecule has 0 spiro atoms. The molecule has 1 aromatic carbocycles. The van der Waals surface area contributed by atoms with E-state index in [2.05, 4.69) is 13.8 Å². The van der Waals surface area contributed by atoms with Gasteiger partial charge in [0.25, 0.3) is 0 Å². The molecule has 1 N–H and O–H groups in total. The second kappa shape index (κ2) is 8.86. The first kappa shape index (κ1) is 24.2.